The molecule has 0 radical (unpaired) electrons. The van der Waals surface area contributed by atoms with Crippen molar-refractivity contribution in [2.75, 3.05) is 69.3 Å². The lowest BCUT2D eigenvalue weighted by Crippen LogP contribution is -2.49. The van der Waals surface area contributed by atoms with Gasteiger partial charge in [0.05, 0.1) is 31.3 Å². The van der Waals surface area contributed by atoms with E-state index < -0.39 is 0 Å². The second-order valence-electron chi connectivity index (χ2n) is 8.25. The molecule has 0 saturated carbocycles. The van der Waals surface area contributed by atoms with Gasteiger partial charge in [0.25, 0.3) is 0 Å². The SMILES string of the molecule is C=C(C)N(C)c1cnn(C(=O)N2CCN(Cc3cccc(N4CCOCC4)c3)CC2)c1. The molecule has 8 heteroatoms. The zero-order valence-electron chi connectivity index (χ0n) is 18.5. The summed E-state index contributed by atoms with van der Waals surface area (Å²) in [5.41, 5.74) is 4.34. The van der Waals surface area contributed by atoms with E-state index in [-0.39, 0.29) is 6.03 Å². The van der Waals surface area contributed by atoms with Crippen LogP contribution in [0.2, 0.25) is 0 Å². The second kappa shape index (κ2) is 9.53. The summed E-state index contributed by atoms with van der Waals surface area (Å²) in [7, 11) is 1.92. The number of hydrogen-bond donors (Lipinski definition) is 0. The maximum atomic E-state index is 12.8. The van der Waals surface area contributed by atoms with Crippen molar-refractivity contribution >= 4 is 17.4 Å². The Labute approximate surface area is 184 Å². The number of allylic oxidation sites excluding steroid dienone is 1. The number of rotatable bonds is 5. The third-order valence-electron chi connectivity index (χ3n) is 6.06. The number of benzene rings is 1. The standard InChI is InChI=1S/C23H32N6O2/c1-19(2)25(3)22-16-24-29(18-22)23(30)28-9-7-26(8-10-28)17-20-5-4-6-21(15-20)27-11-13-31-14-12-27/h4-6,15-16,18H,1,7-14,17H2,2-3H3. The summed E-state index contributed by atoms with van der Waals surface area (Å²) in [6, 6.07) is 8.71. The van der Waals surface area contributed by atoms with Crippen molar-refractivity contribution in [2.24, 2.45) is 0 Å². The van der Waals surface area contributed by atoms with Crippen molar-refractivity contribution in [3.8, 4) is 0 Å². The van der Waals surface area contributed by atoms with Crippen molar-refractivity contribution in [1.82, 2.24) is 19.6 Å². The molecule has 0 spiro atoms. The smallest absolute Gasteiger partial charge is 0.344 e. The molecular weight excluding hydrogens is 392 g/mol. The van der Waals surface area contributed by atoms with Crippen LogP contribution in [-0.2, 0) is 11.3 Å². The molecule has 2 saturated heterocycles. The Kier molecular flexibility index (Phi) is 6.58. The van der Waals surface area contributed by atoms with Crippen LogP contribution in [0.5, 0.6) is 0 Å². The normalized spacial score (nSPS) is 17.6. The molecule has 0 aliphatic carbocycles. The molecule has 0 bridgehead atoms. The molecule has 2 fully saturated rings. The van der Waals surface area contributed by atoms with Gasteiger partial charge in [0.1, 0.15) is 0 Å². The molecule has 2 aliphatic heterocycles. The zero-order chi connectivity index (χ0) is 21.8. The Balaban J connectivity index is 1.31. The van der Waals surface area contributed by atoms with Crippen molar-refractivity contribution < 1.29 is 9.53 Å². The van der Waals surface area contributed by atoms with E-state index in [1.165, 1.54) is 15.9 Å². The molecule has 1 amide bonds. The highest BCUT2D eigenvalue weighted by molar-refractivity contribution is 5.77. The fraction of sp³-hybridized carbons (Fsp3) is 0.478. The summed E-state index contributed by atoms with van der Waals surface area (Å²) in [5.74, 6) is 0. The van der Waals surface area contributed by atoms with Crippen LogP contribution < -0.4 is 9.80 Å². The Bertz CT molecular complexity index is 912. The predicted molar refractivity (Wildman–Crippen MR) is 123 cm³/mol. The van der Waals surface area contributed by atoms with Crippen LogP contribution in [0.4, 0.5) is 16.2 Å². The van der Waals surface area contributed by atoms with Gasteiger partial charge in [0.2, 0.25) is 0 Å². The highest BCUT2D eigenvalue weighted by Crippen LogP contribution is 2.20. The lowest BCUT2D eigenvalue weighted by Gasteiger charge is -2.34. The third kappa shape index (κ3) is 5.08. The molecule has 4 rings (SSSR count). The monoisotopic (exact) mass is 424 g/mol. The van der Waals surface area contributed by atoms with Gasteiger partial charge in [0, 0.05) is 64.2 Å². The lowest BCUT2D eigenvalue weighted by atomic mass is 10.1. The van der Waals surface area contributed by atoms with Gasteiger partial charge < -0.3 is 19.4 Å². The first-order valence-corrected chi connectivity index (χ1v) is 10.9. The molecule has 0 unspecified atom stereocenters. The summed E-state index contributed by atoms with van der Waals surface area (Å²) in [6.07, 6.45) is 3.46. The fourth-order valence-electron chi connectivity index (χ4n) is 3.98. The molecule has 8 nitrogen and oxygen atoms in total. The van der Waals surface area contributed by atoms with E-state index in [0.717, 1.165) is 57.3 Å². The summed E-state index contributed by atoms with van der Waals surface area (Å²) < 4.78 is 6.89. The Morgan fingerprint density at radius 3 is 2.61 bits per heavy atom. The fourth-order valence-corrected chi connectivity index (χ4v) is 3.98. The molecular formula is C23H32N6O2. The van der Waals surface area contributed by atoms with E-state index in [0.29, 0.717) is 13.1 Å². The van der Waals surface area contributed by atoms with Gasteiger partial charge in [-0.3, -0.25) is 4.90 Å². The molecule has 2 aliphatic rings. The summed E-state index contributed by atoms with van der Waals surface area (Å²) in [4.78, 5) is 21.4. The van der Waals surface area contributed by atoms with Crippen LogP contribution in [0.15, 0.2) is 48.9 Å². The molecule has 1 aromatic carbocycles. The van der Waals surface area contributed by atoms with Crippen LogP contribution in [0.3, 0.4) is 0 Å². The van der Waals surface area contributed by atoms with E-state index in [4.69, 9.17) is 4.74 Å². The van der Waals surface area contributed by atoms with E-state index in [9.17, 15) is 4.79 Å². The van der Waals surface area contributed by atoms with Gasteiger partial charge in [-0.1, -0.05) is 18.7 Å². The summed E-state index contributed by atoms with van der Waals surface area (Å²) >= 11 is 0. The molecule has 2 aromatic rings. The number of ether oxygens (including phenoxy) is 1. The van der Waals surface area contributed by atoms with Crippen molar-refractivity contribution in [3.05, 3.63) is 54.5 Å². The average Bonchev–Trinajstić information content (AvgIpc) is 3.29. The first kappa shape index (κ1) is 21.4. The number of morpholine rings is 1. The minimum absolute atomic E-state index is 0.0738. The maximum absolute atomic E-state index is 12.8. The number of anilines is 2. The van der Waals surface area contributed by atoms with Gasteiger partial charge in [-0.15, -0.1) is 0 Å². The molecule has 3 heterocycles. The largest absolute Gasteiger partial charge is 0.378 e. The van der Waals surface area contributed by atoms with Gasteiger partial charge in [-0.2, -0.15) is 9.78 Å². The maximum Gasteiger partial charge on any atom is 0.344 e. The molecule has 1 aromatic heterocycles. The van der Waals surface area contributed by atoms with Crippen molar-refractivity contribution in [3.63, 3.8) is 0 Å². The lowest BCUT2D eigenvalue weighted by molar-refractivity contribution is 0.122. The van der Waals surface area contributed by atoms with Gasteiger partial charge in [0.15, 0.2) is 0 Å². The average molecular weight is 425 g/mol. The van der Waals surface area contributed by atoms with Crippen LogP contribution in [0.1, 0.15) is 12.5 Å². The van der Waals surface area contributed by atoms with Gasteiger partial charge in [-0.25, -0.2) is 4.79 Å². The molecule has 166 valence electrons. The van der Waals surface area contributed by atoms with E-state index in [1.807, 2.05) is 23.8 Å². The Morgan fingerprint density at radius 1 is 1.16 bits per heavy atom. The van der Waals surface area contributed by atoms with Crippen LogP contribution >= 0.6 is 0 Å². The quantitative estimate of drug-likeness (QED) is 0.735. The van der Waals surface area contributed by atoms with Gasteiger partial charge in [-0.05, 0) is 24.6 Å². The summed E-state index contributed by atoms with van der Waals surface area (Å²) in [5, 5.41) is 4.25. The third-order valence-corrected chi connectivity index (χ3v) is 6.06. The number of carbonyl (C=O) groups excluding carboxylic acids is 1. The number of carbonyl (C=O) groups is 1. The number of hydrogen-bond acceptors (Lipinski definition) is 6. The minimum Gasteiger partial charge on any atom is -0.378 e. The number of amides is 1. The highest BCUT2D eigenvalue weighted by atomic mass is 16.5. The van der Waals surface area contributed by atoms with Crippen molar-refractivity contribution in [2.45, 2.75) is 13.5 Å². The first-order valence-electron chi connectivity index (χ1n) is 10.9. The van der Waals surface area contributed by atoms with E-state index in [2.05, 4.69) is 45.7 Å². The highest BCUT2D eigenvalue weighted by Gasteiger charge is 2.23. The minimum atomic E-state index is -0.0738. The Hall–Kier alpha value is -2.84. The number of aromatic nitrogens is 2. The van der Waals surface area contributed by atoms with E-state index >= 15 is 0 Å². The van der Waals surface area contributed by atoms with Crippen LogP contribution in [0, 0.1) is 0 Å². The van der Waals surface area contributed by atoms with Gasteiger partial charge >= 0.3 is 6.03 Å². The Morgan fingerprint density at radius 2 is 1.90 bits per heavy atom. The molecule has 0 N–H and O–H groups in total. The topological polar surface area (TPSA) is 57.1 Å². The summed E-state index contributed by atoms with van der Waals surface area (Å²) in [6.45, 7) is 13.3. The molecule has 31 heavy (non-hydrogen) atoms. The van der Waals surface area contributed by atoms with Crippen molar-refractivity contribution in [1.29, 1.82) is 0 Å². The predicted octanol–water partition coefficient (Wildman–Crippen LogP) is 2.48. The number of nitrogens with zero attached hydrogens (tertiary/aromatic N) is 6. The second-order valence-corrected chi connectivity index (χ2v) is 8.25. The van der Waals surface area contributed by atoms with Crippen LogP contribution in [0.25, 0.3) is 0 Å². The van der Waals surface area contributed by atoms with Crippen LogP contribution in [-0.4, -0.2) is 85.1 Å². The molecule has 0 atom stereocenters. The number of piperazine rings is 1. The first-order chi connectivity index (χ1) is 15.0. The zero-order valence-corrected chi connectivity index (χ0v) is 18.5. The van der Waals surface area contributed by atoms with E-state index in [1.54, 1.807) is 12.4 Å².